The number of benzene rings is 1. The highest BCUT2D eigenvalue weighted by atomic mass is 35.5. The average Bonchev–Trinajstić information content (AvgIpc) is 3.42. The Morgan fingerprint density at radius 2 is 1.79 bits per heavy atom. The van der Waals surface area contributed by atoms with Crippen LogP contribution < -0.4 is 5.32 Å². The molecule has 3 aliphatic rings. The zero-order valence-electron chi connectivity index (χ0n) is 18.6. The number of nitrogens with one attached hydrogen (secondary N) is 1. The lowest BCUT2D eigenvalue weighted by Crippen LogP contribution is -2.43. The second-order valence-electron chi connectivity index (χ2n) is 9.35. The Kier molecular flexibility index (Phi) is 6.57. The Hall–Kier alpha value is -1.81. The topological polar surface area (TPSA) is 103 Å². The van der Waals surface area contributed by atoms with E-state index >= 15 is 0 Å². The van der Waals surface area contributed by atoms with Crippen molar-refractivity contribution in [3.63, 3.8) is 0 Å². The third-order valence-electron chi connectivity index (χ3n) is 7.27. The van der Waals surface area contributed by atoms with Crippen molar-refractivity contribution in [2.45, 2.75) is 80.7 Å². The van der Waals surface area contributed by atoms with Crippen LogP contribution in [-0.4, -0.2) is 48.7 Å². The molecule has 0 bridgehead atoms. The Morgan fingerprint density at radius 1 is 1.06 bits per heavy atom. The number of sulfonamides is 1. The number of carbonyl (C=O) groups excluding carboxylic acids is 1. The molecule has 178 valence electrons. The molecule has 1 saturated heterocycles. The van der Waals surface area contributed by atoms with Crippen LogP contribution >= 0.6 is 11.6 Å². The molecule has 8 nitrogen and oxygen atoms in total. The summed E-state index contributed by atoms with van der Waals surface area (Å²) in [4.78, 5) is 13.2. The zero-order chi connectivity index (χ0) is 23.0. The van der Waals surface area contributed by atoms with Crippen LogP contribution in [0.15, 0.2) is 29.2 Å². The normalized spacial score (nSPS) is 24.4. The number of aromatic nitrogens is 3. The number of nitrogens with zero attached hydrogens (tertiary/aromatic N) is 4. The maximum atomic E-state index is 13.1. The minimum Gasteiger partial charge on any atom is -0.593 e. The van der Waals surface area contributed by atoms with Gasteiger partial charge in [0.1, 0.15) is 17.7 Å². The van der Waals surface area contributed by atoms with Crippen molar-refractivity contribution in [2.75, 3.05) is 13.1 Å². The summed E-state index contributed by atoms with van der Waals surface area (Å²) in [6, 6.07) is 6.55. The molecule has 5 rings (SSSR count). The third-order valence-corrected chi connectivity index (χ3v) is 9.67. The van der Waals surface area contributed by atoms with Gasteiger partial charge in [0, 0.05) is 31.5 Å². The lowest BCUT2D eigenvalue weighted by molar-refractivity contribution is -0.125. The third kappa shape index (κ3) is 4.48. The summed E-state index contributed by atoms with van der Waals surface area (Å²) >= 11 is 6.15. The fraction of sp³-hybridized carbons (Fsp3) is 0.609. The molecule has 1 aromatic heterocycles. The van der Waals surface area contributed by atoms with E-state index in [1.807, 2.05) is 4.57 Å². The summed E-state index contributed by atoms with van der Waals surface area (Å²) in [6.45, 7) is 0.776. The van der Waals surface area contributed by atoms with Crippen molar-refractivity contribution in [1.82, 2.24) is 24.4 Å². The van der Waals surface area contributed by atoms with Gasteiger partial charge in [-0.05, 0) is 44.2 Å². The zero-order valence-corrected chi connectivity index (χ0v) is 20.2. The van der Waals surface area contributed by atoms with Crippen LogP contribution in [0.5, 0.6) is 0 Å². The Bertz CT molecular complexity index is 1060. The first-order valence-electron chi connectivity index (χ1n) is 11.9. The van der Waals surface area contributed by atoms with Gasteiger partial charge in [-0.2, -0.15) is 0 Å². The maximum absolute atomic E-state index is 13.1. The molecule has 2 aromatic rings. The van der Waals surface area contributed by atoms with Gasteiger partial charge in [-0.1, -0.05) is 47.2 Å². The lowest BCUT2D eigenvalue weighted by atomic mass is 9.95. The van der Waals surface area contributed by atoms with E-state index in [2.05, 4.69) is 15.5 Å². The standard InChI is InChI=1S/C23H30ClN5O3S/c24-18-8-4-5-9-20(18)33(31,32)28-14-12-16(13-15-28)22-27-26-21-11-10-19(29(21)22)23(30)25-17-6-2-1-3-7-17/h4-5,8-9,16-17,19H,1-3,6-7,10-15H2,(H-,25,30,31,32). The van der Waals surface area contributed by atoms with Crippen LogP contribution in [0.25, 0.3) is 0 Å². The minimum absolute atomic E-state index is 0.0698. The number of halogens is 1. The number of piperidine rings is 1. The van der Waals surface area contributed by atoms with Gasteiger partial charge in [0.2, 0.25) is 5.91 Å². The fourth-order valence-electron chi connectivity index (χ4n) is 5.46. The fourth-order valence-corrected chi connectivity index (χ4v) is 7.42. The molecule has 1 amide bonds. The average molecular weight is 492 g/mol. The van der Waals surface area contributed by atoms with Gasteiger partial charge in [0.05, 0.1) is 5.02 Å². The molecule has 2 unspecified atom stereocenters. The van der Waals surface area contributed by atoms with E-state index in [1.54, 1.807) is 24.3 Å². The van der Waals surface area contributed by atoms with E-state index < -0.39 is 10.4 Å². The second kappa shape index (κ2) is 9.44. The van der Waals surface area contributed by atoms with Gasteiger partial charge < -0.3 is 14.4 Å². The van der Waals surface area contributed by atoms with Gasteiger partial charge in [-0.15, -0.1) is 14.5 Å². The summed E-state index contributed by atoms with van der Waals surface area (Å²) < 4.78 is 29.7. The molecule has 0 spiro atoms. The summed E-state index contributed by atoms with van der Waals surface area (Å²) in [5, 5.41) is 12.3. The van der Waals surface area contributed by atoms with Crippen molar-refractivity contribution >= 4 is 27.9 Å². The molecule has 1 N–H and O–H groups in total. The lowest BCUT2D eigenvalue weighted by Gasteiger charge is -2.34. The van der Waals surface area contributed by atoms with Crippen molar-refractivity contribution < 1.29 is 13.6 Å². The predicted molar refractivity (Wildman–Crippen MR) is 124 cm³/mol. The number of rotatable bonds is 5. The number of aryl methyl sites for hydroxylation is 1. The van der Waals surface area contributed by atoms with Gasteiger partial charge in [0.25, 0.3) is 0 Å². The Balaban J connectivity index is 1.27. The number of carbonyl (C=O) groups is 1. The predicted octanol–water partition coefficient (Wildman–Crippen LogP) is 3.65. The summed E-state index contributed by atoms with van der Waals surface area (Å²) in [5.41, 5.74) is 0. The van der Waals surface area contributed by atoms with Crippen LogP contribution in [0.3, 0.4) is 0 Å². The highest BCUT2D eigenvalue weighted by molar-refractivity contribution is 7.95. The maximum Gasteiger partial charge on any atom is 0.243 e. The highest BCUT2D eigenvalue weighted by Gasteiger charge is 2.40. The molecule has 33 heavy (non-hydrogen) atoms. The minimum atomic E-state index is -3.64. The molecule has 0 radical (unpaired) electrons. The first kappa shape index (κ1) is 23.0. The quantitative estimate of drug-likeness (QED) is 0.643. The van der Waals surface area contributed by atoms with E-state index in [0.717, 1.165) is 37.3 Å². The summed E-state index contributed by atoms with van der Waals surface area (Å²) in [6.07, 6.45) is 8.48. The molecule has 1 aromatic carbocycles. The molecule has 1 aliphatic carbocycles. The monoisotopic (exact) mass is 491 g/mol. The molecule has 10 heteroatoms. The SMILES string of the molecule is O=C(NC1CCCCC1)C1CCc2nnc(C3CCN([S+](=O)([O-])c4ccccc4Cl)CC3)n21. The van der Waals surface area contributed by atoms with Crippen LogP contribution in [0, 0.1) is 0 Å². The van der Waals surface area contributed by atoms with E-state index in [-0.39, 0.29) is 33.8 Å². The van der Waals surface area contributed by atoms with Crippen molar-refractivity contribution in [1.29, 1.82) is 0 Å². The van der Waals surface area contributed by atoms with E-state index in [1.165, 1.54) is 23.6 Å². The van der Waals surface area contributed by atoms with Crippen LogP contribution in [0.2, 0.25) is 5.02 Å². The number of amides is 1. The molecular formula is C23H30ClN5O3S. The number of fused-ring (bicyclic) bond motifs is 1. The molecule has 2 aliphatic heterocycles. The second-order valence-corrected chi connectivity index (χ2v) is 11.7. The van der Waals surface area contributed by atoms with Crippen molar-refractivity contribution in [3.8, 4) is 0 Å². The molecule has 2 fully saturated rings. The summed E-state index contributed by atoms with van der Waals surface area (Å²) in [5.74, 6) is 1.83. The van der Waals surface area contributed by atoms with Gasteiger partial charge >= 0.3 is 0 Å². The molecular weight excluding hydrogens is 462 g/mol. The van der Waals surface area contributed by atoms with E-state index in [9.17, 15) is 13.6 Å². The van der Waals surface area contributed by atoms with Crippen LogP contribution in [-0.2, 0) is 25.8 Å². The van der Waals surface area contributed by atoms with Crippen molar-refractivity contribution in [3.05, 3.63) is 40.9 Å². The van der Waals surface area contributed by atoms with Gasteiger partial charge in [-0.3, -0.25) is 4.79 Å². The largest absolute Gasteiger partial charge is 0.593 e. The van der Waals surface area contributed by atoms with E-state index in [4.69, 9.17) is 11.6 Å². The van der Waals surface area contributed by atoms with Crippen LogP contribution in [0.4, 0.5) is 0 Å². The molecule has 3 heterocycles. The Morgan fingerprint density at radius 3 is 2.52 bits per heavy atom. The summed E-state index contributed by atoms with van der Waals surface area (Å²) in [7, 11) is -3.64. The number of hydrogen-bond donors (Lipinski definition) is 1. The molecule has 2 atom stereocenters. The number of hydrogen-bond acceptors (Lipinski definition) is 5. The highest BCUT2D eigenvalue weighted by Crippen LogP contribution is 2.37. The smallest absolute Gasteiger partial charge is 0.243 e. The van der Waals surface area contributed by atoms with E-state index in [0.29, 0.717) is 25.9 Å². The van der Waals surface area contributed by atoms with Crippen molar-refractivity contribution in [2.24, 2.45) is 0 Å². The van der Waals surface area contributed by atoms with Gasteiger partial charge in [-0.25, -0.2) is 0 Å². The van der Waals surface area contributed by atoms with Crippen LogP contribution in [0.1, 0.15) is 75.0 Å². The Labute approximate surface area is 200 Å². The first-order chi connectivity index (χ1) is 15.9. The first-order valence-corrected chi connectivity index (χ1v) is 13.8. The molecule has 1 saturated carbocycles. The van der Waals surface area contributed by atoms with Gasteiger partial charge in [0.15, 0.2) is 15.3 Å².